The summed E-state index contributed by atoms with van der Waals surface area (Å²) in [6.45, 7) is 1.41. The van der Waals surface area contributed by atoms with Crippen LogP contribution in [0.4, 0.5) is 4.79 Å². The average molecular weight is 401 g/mol. The van der Waals surface area contributed by atoms with Gasteiger partial charge in [0.2, 0.25) is 5.91 Å². The van der Waals surface area contributed by atoms with E-state index in [1.807, 2.05) is 36.4 Å². The number of likely N-dealkylation sites (tertiary alicyclic amines) is 1. The molecule has 0 saturated carbocycles. The minimum absolute atomic E-state index is 0.180. The minimum atomic E-state index is -1.22. The Hall–Kier alpha value is -2.67. The van der Waals surface area contributed by atoms with Crippen LogP contribution in [0.3, 0.4) is 0 Å². The summed E-state index contributed by atoms with van der Waals surface area (Å²) in [6.07, 6.45) is 2.78. The molecule has 0 radical (unpaired) electrons. The van der Waals surface area contributed by atoms with Crippen molar-refractivity contribution in [2.75, 3.05) is 19.3 Å². The molecule has 3 rings (SSSR count). The van der Waals surface area contributed by atoms with Crippen molar-refractivity contribution in [2.24, 2.45) is 5.73 Å². The molecule has 0 aliphatic carbocycles. The van der Waals surface area contributed by atoms with Crippen molar-refractivity contribution in [3.63, 3.8) is 0 Å². The van der Waals surface area contributed by atoms with Crippen molar-refractivity contribution < 1.29 is 18.5 Å². The van der Waals surface area contributed by atoms with Gasteiger partial charge in [-0.3, -0.25) is 9.00 Å². The summed E-state index contributed by atoms with van der Waals surface area (Å²) < 4.78 is 17.6. The lowest BCUT2D eigenvalue weighted by Crippen LogP contribution is -2.38. The maximum atomic E-state index is 12.3. The number of amides is 2. The van der Waals surface area contributed by atoms with Crippen molar-refractivity contribution in [1.82, 2.24) is 4.90 Å². The van der Waals surface area contributed by atoms with Crippen molar-refractivity contribution in [2.45, 2.75) is 30.3 Å². The molecule has 2 N–H and O–H groups in total. The molecule has 0 aromatic heterocycles. The van der Waals surface area contributed by atoms with Gasteiger partial charge in [-0.2, -0.15) is 0 Å². The first-order chi connectivity index (χ1) is 13.5. The predicted molar refractivity (Wildman–Crippen MR) is 107 cm³/mol. The van der Waals surface area contributed by atoms with E-state index in [1.54, 1.807) is 23.3 Å². The monoisotopic (exact) mass is 400 g/mol. The number of nitrogens with two attached hydrogens (primary N) is 1. The molecule has 1 saturated heterocycles. The Balaban J connectivity index is 1.61. The molecule has 0 bridgehead atoms. The average Bonchev–Trinajstić information content (AvgIpc) is 2.72. The maximum Gasteiger partial charge on any atom is 0.410 e. The van der Waals surface area contributed by atoms with Crippen LogP contribution in [-0.4, -0.2) is 40.5 Å². The normalized spacial score (nSPS) is 15.8. The van der Waals surface area contributed by atoms with E-state index in [0.717, 1.165) is 24.0 Å². The van der Waals surface area contributed by atoms with E-state index in [-0.39, 0.29) is 18.6 Å². The van der Waals surface area contributed by atoms with Gasteiger partial charge in [0.15, 0.2) is 0 Å². The molecule has 2 amide bonds. The number of nitrogens with zero attached hydrogens (tertiary/aromatic N) is 1. The first kappa shape index (κ1) is 20.1. The van der Waals surface area contributed by atoms with Crippen molar-refractivity contribution >= 4 is 22.8 Å². The van der Waals surface area contributed by atoms with Crippen LogP contribution in [0.25, 0.3) is 0 Å². The Morgan fingerprint density at radius 1 is 1.14 bits per heavy atom. The Morgan fingerprint density at radius 2 is 1.82 bits per heavy atom. The molecule has 28 heavy (non-hydrogen) atoms. The number of rotatable bonds is 5. The van der Waals surface area contributed by atoms with Crippen LogP contribution in [0, 0.1) is 0 Å². The van der Waals surface area contributed by atoms with Gasteiger partial charge in [-0.05, 0) is 42.0 Å². The lowest BCUT2D eigenvalue weighted by Gasteiger charge is -2.32. The van der Waals surface area contributed by atoms with E-state index in [1.165, 1.54) is 0 Å². The SMILES string of the molecule is CS(=O)c1cc(C(N)=O)ccc1C1CCN(C(=O)OCc2ccccc2)CC1. The zero-order chi connectivity index (χ0) is 20.1. The fourth-order valence-corrected chi connectivity index (χ4v) is 4.32. The van der Waals surface area contributed by atoms with Gasteiger partial charge in [0.25, 0.3) is 0 Å². The second-order valence-corrected chi connectivity index (χ2v) is 8.22. The number of primary amides is 1. The third kappa shape index (κ3) is 4.78. The molecule has 1 heterocycles. The Bertz CT molecular complexity index is 877. The third-order valence-corrected chi connectivity index (χ3v) is 5.98. The number of benzene rings is 2. The van der Waals surface area contributed by atoms with Gasteiger partial charge in [-0.25, -0.2) is 4.79 Å². The third-order valence-electron chi connectivity index (χ3n) is 5.01. The fraction of sp³-hybridized carbons (Fsp3) is 0.333. The zero-order valence-electron chi connectivity index (χ0n) is 15.8. The van der Waals surface area contributed by atoms with Crippen molar-refractivity contribution in [1.29, 1.82) is 0 Å². The molecule has 1 aliphatic heterocycles. The molecule has 7 heteroatoms. The Labute approximate surface area is 167 Å². The molecule has 1 atom stereocenters. The predicted octanol–water partition coefficient (Wildman–Crippen LogP) is 3.04. The van der Waals surface area contributed by atoms with E-state index in [4.69, 9.17) is 10.5 Å². The molecular weight excluding hydrogens is 376 g/mol. The quantitative estimate of drug-likeness (QED) is 0.835. The smallest absolute Gasteiger partial charge is 0.410 e. The topological polar surface area (TPSA) is 89.7 Å². The fourth-order valence-electron chi connectivity index (χ4n) is 3.46. The van der Waals surface area contributed by atoms with Crippen LogP contribution < -0.4 is 5.73 Å². The standard InChI is InChI=1S/C21H24N2O4S/c1-28(26)19-13-17(20(22)24)7-8-18(19)16-9-11-23(12-10-16)21(25)27-14-15-5-3-2-4-6-15/h2-8,13,16H,9-12,14H2,1H3,(H2,22,24). The van der Waals surface area contributed by atoms with Crippen LogP contribution in [-0.2, 0) is 22.1 Å². The summed E-state index contributed by atoms with van der Waals surface area (Å²) in [5.74, 6) is -0.353. The van der Waals surface area contributed by atoms with Crippen LogP contribution in [0.15, 0.2) is 53.4 Å². The summed E-state index contributed by atoms with van der Waals surface area (Å²) >= 11 is 0. The number of carbonyl (C=O) groups excluding carboxylic acids is 2. The summed E-state index contributed by atoms with van der Waals surface area (Å²) in [5, 5.41) is 0. The molecule has 1 unspecified atom stereocenters. The lowest BCUT2D eigenvalue weighted by molar-refractivity contribution is 0.0868. The Kier molecular flexibility index (Phi) is 6.46. The van der Waals surface area contributed by atoms with Gasteiger partial charge >= 0.3 is 6.09 Å². The number of piperidine rings is 1. The highest BCUT2D eigenvalue weighted by atomic mass is 32.2. The van der Waals surface area contributed by atoms with Crippen LogP contribution in [0.2, 0.25) is 0 Å². The van der Waals surface area contributed by atoms with Crippen molar-refractivity contribution in [3.05, 3.63) is 65.2 Å². The molecular formula is C21H24N2O4S. The number of hydrogen-bond donors (Lipinski definition) is 1. The van der Waals surface area contributed by atoms with Crippen LogP contribution in [0.1, 0.15) is 40.2 Å². The van der Waals surface area contributed by atoms with E-state index in [9.17, 15) is 13.8 Å². The summed E-state index contributed by atoms with van der Waals surface area (Å²) in [7, 11) is -1.22. The van der Waals surface area contributed by atoms with Gasteiger partial charge < -0.3 is 15.4 Å². The van der Waals surface area contributed by atoms with Gasteiger partial charge in [-0.15, -0.1) is 0 Å². The molecule has 1 fully saturated rings. The first-order valence-corrected chi connectivity index (χ1v) is 10.7. The summed E-state index contributed by atoms with van der Waals surface area (Å²) in [4.78, 5) is 26.1. The number of carbonyl (C=O) groups is 2. The molecule has 148 valence electrons. The molecule has 2 aromatic carbocycles. The second-order valence-electron chi connectivity index (χ2n) is 6.87. The molecule has 6 nitrogen and oxygen atoms in total. The zero-order valence-corrected chi connectivity index (χ0v) is 16.6. The van der Waals surface area contributed by atoms with Gasteiger partial charge in [-0.1, -0.05) is 36.4 Å². The maximum absolute atomic E-state index is 12.3. The molecule has 0 spiro atoms. The Morgan fingerprint density at radius 3 is 2.43 bits per heavy atom. The van der Waals surface area contributed by atoms with Crippen LogP contribution >= 0.6 is 0 Å². The highest BCUT2D eigenvalue weighted by Gasteiger charge is 2.27. The lowest BCUT2D eigenvalue weighted by atomic mass is 9.89. The highest BCUT2D eigenvalue weighted by molar-refractivity contribution is 7.84. The molecule has 1 aliphatic rings. The highest BCUT2D eigenvalue weighted by Crippen LogP contribution is 2.32. The van der Waals surface area contributed by atoms with E-state index < -0.39 is 16.7 Å². The first-order valence-electron chi connectivity index (χ1n) is 9.18. The molecule has 2 aromatic rings. The second kappa shape index (κ2) is 9.01. The largest absolute Gasteiger partial charge is 0.445 e. The number of hydrogen-bond acceptors (Lipinski definition) is 4. The number of ether oxygens (including phenoxy) is 1. The van der Waals surface area contributed by atoms with E-state index in [2.05, 4.69) is 0 Å². The summed E-state index contributed by atoms with van der Waals surface area (Å²) in [5.41, 5.74) is 7.61. The van der Waals surface area contributed by atoms with Gasteiger partial charge in [0, 0.05) is 29.8 Å². The van der Waals surface area contributed by atoms with E-state index in [0.29, 0.717) is 23.5 Å². The summed E-state index contributed by atoms with van der Waals surface area (Å²) in [6, 6.07) is 14.7. The minimum Gasteiger partial charge on any atom is -0.445 e. The van der Waals surface area contributed by atoms with Crippen molar-refractivity contribution in [3.8, 4) is 0 Å². The van der Waals surface area contributed by atoms with Crippen LogP contribution in [0.5, 0.6) is 0 Å². The van der Waals surface area contributed by atoms with E-state index >= 15 is 0 Å². The van der Waals surface area contributed by atoms with Gasteiger partial charge in [0.05, 0.1) is 10.8 Å². The van der Waals surface area contributed by atoms with Gasteiger partial charge in [0.1, 0.15) is 6.61 Å².